The van der Waals surface area contributed by atoms with Crippen LogP contribution in [0.2, 0.25) is 0 Å². The summed E-state index contributed by atoms with van der Waals surface area (Å²) in [4.78, 5) is 16.3. The molecule has 0 unspecified atom stereocenters. The van der Waals surface area contributed by atoms with E-state index < -0.39 is 0 Å². The summed E-state index contributed by atoms with van der Waals surface area (Å²) >= 11 is 1.62. The van der Waals surface area contributed by atoms with Crippen LogP contribution in [0.15, 0.2) is 47.4 Å². The quantitative estimate of drug-likeness (QED) is 0.667. The Bertz CT molecular complexity index is 807. The van der Waals surface area contributed by atoms with Crippen LogP contribution in [-0.4, -0.2) is 64.1 Å². The molecule has 156 valence electrons. The predicted octanol–water partition coefficient (Wildman–Crippen LogP) is 3.23. The number of rotatable bonds is 8. The maximum atomic E-state index is 12.9. The van der Waals surface area contributed by atoms with Gasteiger partial charge in [-0.1, -0.05) is 12.1 Å². The zero-order valence-corrected chi connectivity index (χ0v) is 18.0. The van der Waals surface area contributed by atoms with Crippen LogP contribution in [0, 0.1) is 0 Å². The minimum atomic E-state index is -0.138. The van der Waals surface area contributed by atoms with Gasteiger partial charge in [0.1, 0.15) is 11.5 Å². The lowest BCUT2D eigenvalue weighted by Crippen LogP contribution is -2.43. The fraction of sp³-hybridized carbons (Fsp3) is 0.409. The topological polar surface area (TPSA) is 60.0 Å². The van der Waals surface area contributed by atoms with E-state index >= 15 is 0 Å². The number of carbonyl (C=O) groups is 1. The van der Waals surface area contributed by atoms with Crippen LogP contribution in [0.25, 0.3) is 0 Å². The Morgan fingerprint density at radius 1 is 1.14 bits per heavy atom. The van der Waals surface area contributed by atoms with E-state index in [4.69, 9.17) is 14.2 Å². The van der Waals surface area contributed by atoms with Gasteiger partial charge >= 0.3 is 0 Å². The highest BCUT2D eigenvalue weighted by molar-refractivity contribution is 7.98. The Hall–Kier alpha value is -2.22. The van der Waals surface area contributed by atoms with E-state index in [0.29, 0.717) is 31.1 Å². The molecule has 2 aromatic carbocycles. The molecule has 2 aromatic rings. The van der Waals surface area contributed by atoms with Crippen molar-refractivity contribution in [3.63, 3.8) is 0 Å². The average Bonchev–Trinajstić information content (AvgIpc) is 2.79. The first kappa shape index (κ1) is 21.5. The van der Waals surface area contributed by atoms with Gasteiger partial charge in [-0.25, -0.2) is 0 Å². The van der Waals surface area contributed by atoms with E-state index in [9.17, 15) is 4.79 Å². The highest BCUT2D eigenvalue weighted by atomic mass is 32.2. The lowest BCUT2D eigenvalue weighted by atomic mass is 10.0. The molecule has 1 N–H and O–H groups in total. The molecule has 1 fully saturated rings. The number of nitrogens with one attached hydrogen (secondary N) is 1. The molecule has 1 amide bonds. The fourth-order valence-corrected chi connectivity index (χ4v) is 3.87. The molecule has 0 saturated carbocycles. The summed E-state index contributed by atoms with van der Waals surface area (Å²) in [7, 11) is 3.24. The van der Waals surface area contributed by atoms with E-state index in [1.165, 1.54) is 0 Å². The Morgan fingerprint density at radius 3 is 2.48 bits per heavy atom. The van der Waals surface area contributed by atoms with Gasteiger partial charge in [0, 0.05) is 24.5 Å². The Kier molecular flexibility index (Phi) is 7.80. The van der Waals surface area contributed by atoms with E-state index in [0.717, 1.165) is 29.3 Å². The molecule has 6 nitrogen and oxygen atoms in total. The average molecular weight is 417 g/mol. The molecule has 3 rings (SSSR count). The predicted molar refractivity (Wildman–Crippen MR) is 115 cm³/mol. The van der Waals surface area contributed by atoms with Crippen molar-refractivity contribution in [2.45, 2.75) is 10.9 Å². The summed E-state index contributed by atoms with van der Waals surface area (Å²) in [6.07, 6.45) is 2.00. The van der Waals surface area contributed by atoms with Crippen LogP contribution in [0.3, 0.4) is 0 Å². The molecular formula is C22H28N2O4S. The number of thioether (sulfide) groups is 1. The van der Waals surface area contributed by atoms with Gasteiger partial charge < -0.3 is 19.5 Å². The van der Waals surface area contributed by atoms with E-state index in [1.807, 2.05) is 36.6 Å². The first-order chi connectivity index (χ1) is 14.2. The largest absolute Gasteiger partial charge is 0.497 e. The third-order valence-corrected chi connectivity index (χ3v) is 5.82. The molecular weight excluding hydrogens is 388 g/mol. The number of methoxy groups -OCH3 is 2. The van der Waals surface area contributed by atoms with E-state index in [2.05, 4.69) is 22.3 Å². The van der Waals surface area contributed by atoms with Gasteiger partial charge in [-0.3, -0.25) is 9.69 Å². The summed E-state index contributed by atoms with van der Waals surface area (Å²) in [6, 6.07) is 13.7. The van der Waals surface area contributed by atoms with Crippen molar-refractivity contribution in [1.82, 2.24) is 10.2 Å². The van der Waals surface area contributed by atoms with Crippen molar-refractivity contribution in [3.05, 3.63) is 53.6 Å². The second-order valence-electron chi connectivity index (χ2n) is 6.71. The maximum absolute atomic E-state index is 12.9. The highest BCUT2D eigenvalue weighted by Gasteiger charge is 2.24. The smallest absolute Gasteiger partial charge is 0.255 e. The SMILES string of the molecule is COc1ccc([C@@H](CNC(=O)c2ccc(SC)cc2OC)N2CCOCC2)cc1. The van der Waals surface area contributed by atoms with E-state index in [1.54, 1.807) is 26.0 Å². The van der Waals surface area contributed by atoms with Crippen molar-refractivity contribution >= 4 is 17.7 Å². The van der Waals surface area contributed by atoms with Crippen LogP contribution in [0.4, 0.5) is 0 Å². The van der Waals surface area contributed by atoms with Crippen LogP contribution in [0.5, 0.6) is 11.5 Å². The number of hydrogen-bond acceptors (Lipinski definition) is 6. The Balaban J connectivity index is 1.76. The number of benzene rings is 2. The lowest BCUT2D eigenvalue weighted by molar-refractivity contribution is 0.0162. The maximum Gasteiger partial charge on any atom is 0.255 e. The first-order valence-electron chi connectivity index (χ1n) is 9.62. The number of ether oxygens (including phenoxy) is 3. The summed E-state index contributed by atoms with van der Waals surface area (Å²) in [5.41, 5.74) is 1.68. The first-order valence-corrected chi connectivity index (χ1v) is 10.8. The molecule has 0 bridgehead atoms. The van der Waals surface area contributed by atoms with Crippen LogP contribution in [-0.2, 0) is 4.74 Å². The Labute approximate surface area is 176 Å². The van der Waals surface area contributed by atoms with Gasteiger partial charge in [-0.15, -0.1) is 11.8 Å². The molecule has 0 aliphatic carbocycles. The lowest BCUT2D eigenvalue weighted by Gasteiger charge is -2.35. The van der Waals surface area contributed by atoms with Gasteiger partial charge in [0.15, 0.2) is 0 Å². The van der Waals surface area contributed by atoms with Crippen LogP contribution in [0.1, 0.15) is 22.0 Å². The van der Waals surface area contributed by atoms with Crippen molar-refractivity contribution in [2.24, 2.45) is 0 Å². The van der Waals surface area contributed by atoms with E-state index in [-0.39, 0.29) is 11.9 Å². The second-order valence-corrected chi connectivity index (χ2v) is 7.59. The molecule has 0 spiro atoms. The standard InChI is InChI=1S/C22H28N2O4S/c1-26-17-6-4-16(5-7-17)20(24-10-12-28-13-11-24)15-23-22(25)19-9-8-18(29-3)14-21(19)27-2/h4-9,14,20H,10-13,15H2,1-3H3,(H,23,25)/t20-/m1/s1. The number of hydrogen-bond donors (Lipinski definition) is 1. The summed E-state index contributed by atoms with van der Waals surface area (Å²) < 4.78 is 16.2. The summed E-state index contributed by atoms with van der Waals surface area (Å²) in [6.45, 7) is 3.56. The molecule has 7 heteroatoms. The molecule has 1 aliphatic heterocycles. The molecule has 0 aromatic heterocycles. The molecule has 1 saturated heterocycles. The fourth-order valence-electron chi connectivity index (χ4n) is 3.44. The summed E-state index contributed by atoms with van der Waals surface area (Å²) in [5, 5.41) is 3.10. The second kappa shape index (κ2) is 10.5. The van der Waals surface area contributed by atoms with Gasteiger partial charge in [0.05, 0.1) is 39.0 Å². The number of amides is 1. The highest BCUT2D eigenvalue weighted by Crippen LogP contribution is 2.27. The molecule has 0 radical (unpaired) electrons. The normalized spacial score (nSPS) is 15.6. The minimum Gasteiger partial charge on any atom is -0.497 e. The number of nitrogens with zero attached hydrogens (tertiary/aromatic N) is 1. The van der Waals surface area contributed by atoms with Crippen molar-refractivity contribution in [2.75, 3.05) is 53.3 Å². The molecule has 1 aliphatic rings. The van der Waals surface area contributed by atoms with Gasteiger partial charge in [0.2, 0.25) is 0 Å². The molecule has 1 heterocycles. The zero-order chi connectivity index (χ0) is 20.6. The third kappa shape index (κ3) is 5.44. The monoisotopic (exact) mass is 416 g/mol. The van der Waals surface area contributed by atoms with Gasteiger partial charge in [-0.2, -0.15) is 0 Å². The molecule has 29 heavy (non-hydrogen) atoms. The third-order valence-electron chi connectivity index (χ3n) is 5.10. The molecule has 1 atom stereocenters. The van der Waals surface area contributed by atoms with Gasteiger partial charge in [-0.05, 0) is 42.2 Å². The summed E-state index contributed by atoms with van der Waals surface area (Å²) in [5.74, 6) is 1.26. The van der Waals surface area contributed by atoms with Crippen molar-refractivity contribution < 1.29 is 19.0 Å². The zero-order valence-electron chi connectivity index (χ0n) is 17.1. The Morgan fingerprint density at radius 2 is 1.86 bits per heavy atom. The van der Waals surface area contributed by atoms with Crippen molar-refractivity contribution in [3.8, 4) is 11.5 Å². The van der Waals surface area contributed by atoms with Crippen LogP contribution >= 0.6 is 11.8 Å². The van der Waals surface area contributed by atoms with Crippen molar-refractivity contribution in [1.29, 1.82) is 0 Å². The number of carbonyl (C=O) groups excluding carboxylic acids is 1. The number of morpholine rings is 1. The van der Waals surface area contributed by atoms with Crippen LogP contribution < -0.4 is 14.8 Å². The minimum absolute atomic E-state index is 0.0604. The van der Waals surface area contributed by atoms with Gasteiger partial charge in [0.25, 0.3) is 5.91 Å².